The minimum Gasteiger partial charge on any atom is -0.466 e. The summed E-state index contributed by atoms with van der Waals surface area (Å²) in [5.41, 5.74) is -1.06. The highest BCUT2D eigenvalue weighted by Gasteiger charge is 2.71. The summed E-state index contributed by atoms with van der Waals surface area (Å²) in [4.78, 5) is 53.1. The number of carbonyl (C=O) groups excluding carboxylic acids is 4. The summed E-state index contributed by atoms with van der Waals surface area (Å²) in [6, 6.07) is 0. The number of hydrogen-bond donors (Lipinski definition) is 0. The Morgan fingerprint density at radius 2 is 1.19 bits per heavy atom. The smallest absolute Gasteiger partial charge is 0.312 e. The zero-order valence-electron chi connectivity index (χ0n) is 23.9. The molecule has 234 valence electrons. The largest absolute Gasteiger partial charge is 0.466 e. The third-order valence-electron chi connectivity index (χ3n) is 8.95. The number of rotatable bonds is 18. The van der Waals surface area contributed by atoms with Crippen molar-refractivity contribution in [3.05, 3.63) is 0 Å². The molecule has 0 aromatic carbocycles. The Kier molecular flexibility index (Phi) is 9.01. The maximum atomic E-state index is 13.5. The molecule has 6 aliphatic rings. The van der Waals surface area contributed by atoms with Crippen LogP contribution in [0, 0.1) is 23.7 Å². The van der Waals surface area contributed by atoms with Gasteiger partial charge in [0.1, 0.15) is 11.5 Å². The topological polar surface area (TPSA) is 168 Å². The summed E-state index contributed by atoms with van der Waals surface area (Å²) >= 11 is 0. The molecule has 0 spiro atoms. The monoisotopic (exact) mass is 596 g/mol. The van der Waals surface area contributed by atoms with Crippen LogP contribution in [-0.4, -0.2) is 113 Å². The van der Waals surface area contributed by atoms with Crippen LogP contribution in [0.1, 0.15) is 45.4 Å². The highest BCUT2D eigenvalue weighted by atomic mass is 16.6. The highest BCUT2D eigenvalue weighted by molar-refractivity contribution is 5.85. The molecule has 5 saturated heterocycles. The van der Waals surface area contributed by atoms with Crippen LogP contribution < -0.4 is 0 Å². The number of carbonyl (C=O) groups is 4. The molecule has 10 atom stereocenters. The van der Waals surface area contributed by atoms with Gasteiger partial charge in [-0.25, -0.2) is 0 Å². The van der Waals surface area contributed by atoms with Gasteiger partial charge in [-0.2, -0.15) is 0 Å². The van der Waals surface area contributed by atoms with Crippen molar-refractivity contribution < 1.29 is 61.8 Å². The third-order valence-corrected chi connectivity index (χ3v) is 8.95. The molecule has 13 nitrogen and oxygen atoms in total. The standard InChI is InChI=1S/C29H40O13/c1-29-24(28(33)37-9-5-19-15-41-19)22(27(32)36-8-4-18-14-40-18)10-20(25(29)42-29)21(26(31)35-7-3-17-13-39-17)11-23(30)34-6-2-16-12-38-16/h16-22,24-25H,2-15H2,1H3. The van der Waals surface area contributed by atoms with E-state index in [4.69, 9.17) is 42.6 Å². The molecule has 0 bridgehead atoms. The first-order valence-electron chi connectivity index (χ1n) is 15.1. The van der Waals surface area contributed by atoms with Gasteiger partial charge < -0.3 is 42.6 Å². The summed E-state index contributed by atoms with van der Waals surface area (Å²) < 4.78 is 49.0. The van der Waals surface area contributed by atoms with E-state index in [9.17, 15) is 19.2 Å². The minimum atomic E-state index is -1.06. The molecular weight excluding hydrogens is 556 g/mol. The van der Waals surface area contributed by atoms with Gasteiger partial charge in [-0.1, -0.05) is 0 Å². The number of fused-ring (bicyclic) bond motifs is 1. The van der Waals surface area contributed by atoms with E-state index in [1.54, 1.807) is 6.92 Å². The molecule has 42 heavy (non-hydrogen) atoms. The lowest BCUT2D eigenvalue weighted by atomic mass is 9.64. The SMILES string of the molecule is CC12OC1C(C(CC(=O)OCCC1CO1)C(=O)OCCC1CO1)CC(C(=O)OCCC1CO1)C2C(=O)OCCC1CO1. The van der Waals surface area contributed by atoms with Crippen molar-refractivity contribution in [3.8, 4) is 0 Å². The molecule has 1 aliphatic carbocycles. The summed E-state index contributed by atoms with van der Waals surface area (Å²) in [5, 5.41) is 0. The fourth-order valence-electron chi connectivity index (χ4n) is 6.03. The number of epoxide rings is 5. The van der Waals surface area contributed by atoms with Crippen LogP contribution in [-0.2, 0) is 61.8 Å². The quantitative estimate of drug-likeness (QED) is 0.123. The van der Waals surface area contributed by atoms with E-state index in [0.29, 0.717) is 52.1 Å². The van der Waals surface area contributed by atoms with Gasteiger partial charge >= 0.3 is 23.9 Å². The first kappa shape index (κ1) is 29.7. The molecule has 6 fully saturated rings. The lowest BCUT2D eigenvalue weighted by Crippen LogP contribution is -2.50. The van der Waals surface area contributed by atoms with E-state index >= 15 is 0 Å². The van der Waals surface area contributed by atoms with E-state index in [1.807, 2.05) is 0 Å². The van der Waals surface area contributed by atoms with E-state index in [-0.39, 0.29) is 63.7 Å². The van der Waals surface area contributed by atoms with Gasteiger partial charge in [0.25, 0.3) is 0 Å². The van der Waals surface area contributed by atoms with Gasteiger partial charge in [0, 0.05) is 31.6 Å². The van der Waals surface area contributed by atoms with E-state index in [2.05, 4.69) is 0 Å². The zero-order chi connectivity index (χ0) is 29.3. The van der Waals surface area contributed by atoms with Crippen LogP contribution in [0.25, 0.3) is 0 Å². The third kappa shape index (κ3) is 7.79. The Hall–Kier alpha value is -2.32. The van der Waals surface area contributed by atoms with Crippen LogP contribution >= 0.6 is 0 Å². The highest BCUT2D eigenvalue weighted by Crippen LogP contribution is 2.58. The predicted molar refractivity (Wildman–Crippen MR) is 138 cm³/mol. The van der Waals surface area contributed by atoms with Gasteiger partial charge in [0.15, 0.2) is 0 Å². The van der Waals surface area contributed by atoms with Gasteiger partial charge in [-0.15, -0.1) is 0 Å². The normalized spacial score (nSPS) is 37.5. The Balaban J connectivity index is 1.15. The molecule has 6 rings (SSSR count). The second kappa shape index (κ2) is 12.7. The van der Waals surface area contributed by atoms with Crippen molar-refractivity contribution in [1.82, 2.24) is 0 Å². The van der Waals surface area contributed by atoms with Crippen LogP contribution in [0.2, 0.25) is 0 Å². The molecule has 0 aromatic rings. The average Bonchev–Trinajstić information content (AvgIpc) is 3.75. The molecule has 0 amide bonds. The van der Waals surface area contributed by atoms with Crippen molar-refractivity contribution in [2.45, 2.75) is 81.6 Å². The first-order chi connectivity index (χ1) is 20.3. The summed E-state index contributed by atoms with van der Waals surface area (Å²) in [6.45, 7) is 4.98. The second-order valence-corrected chi connectivity index (χ2v) is 12.2. The molecule has 0 N–H and O–H groups in total. The maximum absolute atomic E-state index is 13.5. The Labute approximate surface area is 244 Å². The Morgan fingerprint density at radius 1 is 0.714 bits per heavy atom. The van der Waals surface area contributed by atoms with Crippen molar-refractivity contribution >= 4 is 23.9 Å². The van der Waals surface area contributed by atoms with E-state index in [1.165, 1.54) is 0 Å². The molecule has 13 heteroatoms. The second-order valence-electron chi connectivity index (χ2n) is 12.2. The summed E-state index contributed by atoms with van der Waals surface area (Å²) in [6.07, 6.45) is 1.95. The van der Waals surface area contributed by atoms with Gasteiger partial charge in [-0.05, 0) is 13.3 Å². The molecule has 0 radical (unpaired) electrons. The van der Waals surface area contributed by atoms with Crippen molar-refractivity contribution in [1.29, 1.82) is 0 Å². The number of esters is 4. The molecule has 0 aromatic heterocycles. The van der Waals surface area contributed by atoms with Gasteiger partial charge in [-0.3, -0.25) is 19.2 Å². The van der Waals surface area contributed by atoms with Crippen molar-refractivity contribution in [2.75, 3.05) is 52.9 Å². The summed E-state index contributed by atoms with van der Waals surface area (Å²) in [7, 11) is 0. The molecule has 5 aliphatic heterocycles. The first-order valence-corrected chi connectivity index (χ1v) is 15.1. The molecule has 10 unspecified atom stereocenters. The molecule has 1 saturated carbocycles. The van der Waals surface area contributed by atoms with Crippen molar-refractivity contribution in [3.63, 3.8) is 0 Å². The Morgan fingerprint density at radius 3 is 1.71 bits per heavy atom. The van der Waals surface area contributed by atoms with Crippen LogP contribution in [0.5, 0.6) is 0 Å². The van der Waals surface area contributed by atoms with E-state index in [0.717, 1.165) is 0 Å². The zero-order valence-corrected chi connectivity index (χ0v) is 23.9. The van der Waals surface area contributed by atoms with Crippen LogP contribution in [0.4, 0.5) is 0 Å². The number of hydrogen-bond acceptors (Lipinski definition) is 13. The summed E-state index contributed by atoms with van der Waals surface area (Å²) in [5.74, 6) is -5.57. The average molecular weight is 597 g/mol. The van der Waals surface area contributed by atoms with Gasteiger partial charge in [0.05, 0.1) is 102 Å². The molecule has 5 heterocycles. The van der Waals surface area contributed by atoms with Crippen molar-refractivity contribution in [2.24, 2.45) is 23.7 Å². The lowest BCUT2D eigenvalue weighted by molar-refractivity contribution is -0.167. The maximum Gasteiger partial charge on any atom is 0.312 e. The van der Waals surface area contributed by atoms with E-state index < -0.39 is 59.3 Å². The fourth-order valence-corrected chi connectivity index (χ4v) is 6.03. The predicted octanol–water partition coefficient (Wildman–Crippen LogP) is 0.731. The Bertz CT molecular complexity index is 1020. The number of ether oxygens (including phenoxy) is 9. The molecular formula is C29H40O13. The lowest BCUT2D eigenvalue weighted by Gasteiger charge is -2.36. The van der Waals surface area contributed by atoms with Crippen LogP contribution in [0.3, 0.4) is 0 Å². The minimum absolute atomic E-state index is 0.0775. The van der Waals surface area contributed by atoms with Crippen LogP contribution in [0.15, 0.2) is 0 Å². The van der Waals surface area contributed by atoms with Gasteiger partial charge in [0.2, 0.25) is 0 Å². The fraction of sp³-hybridized carbons (Fsp3) is 0.862.